The van der Waals surface area contributed by atoms with Crippen molar-refractivity contribution in [2.45, 2.75) is 12.8 Å². The van der Waals surface area contributed by atoms with Crippen molar-refractivity contribution in [2.24, 2.45) is 0 Å². The van der Waals surface area contributed by atoms with Crippen molar-refractivity contribution in [3.05, 3.63) is 11.1 Å². The highest BCUT2D eigenvalue weighted by molar-refractivity contribution is 6.27. The number of likely N-dealkylation sites (tertiary alicyclic amines) is 1. The first kappa shape index (κ1) is 7.61. The number of piperidine rings is 1. The minimum atomic E-state index is 0.0706. The second kappa shape index (κ2) is 3.06. The van der Waals surface area contributed by atoms with Crippen molar-refractivity contribution in [1.82, 2.24) is 4.90 Å². The number of amides is 1. The van der Waals surface area contributed by atoms with Gasteiger partial charge < -0.3 is 4.90 Å². The van der Waals surface area contributed by atoms with E-state index < -0.39 is 0 Å². The maximum Gasteiger partial charge on any atom is 0.250 e. The van der Waals surface area contributed by atoms with Crippen molar-refractivity contribution < 1.29 is 4.79 Å². The van der Waals surface area contributed by atoms with E-state index >= 15 is 0 Å². The van der Waals surface area contributed by atoms with Gasteiger partial charge in [-0.05, 0) is 12.8 Å². The van der Waals surface area contributed by atoms with Gasteiger partial charge in [-0.1, -0.05) is 11.6 Å². The fourth-order valence-corrected chi connectivity index (χ4v) is 1.26. The lowest BCUT2D eigenvalue weighted by atomic mass is 10.1. The molecule has 0 unspecified atom stereocenters. The maximum absolute atomic E-state index is 11.1. The average Bonchev–Trinajstić information content (AvgIpc) is 1.95. The highest BCUT2D eigenvalue weighted by Crippen LogP contribution is 2.15. The zero-order valence-corrected chi connectivity index (χ0v) is 6.69. The van der Waals surface area contributed by atoms with Crippen LogP contribution in [0.5, 0.6) is 0 Å². The molecule has 0 N–H and O–H groups in total. The van der Waals surface area contributed by atoms with Gasteiger partial charge in [0.1, 0.15) is 0 Å². The molecular formula is C7H10ClNO. The third kappa shape index (κ3) is 1.32. The van der Waals surface area contributed by atoms with Crippen molar-refractivity contribution >= 4 is 17.5 Å². The van der Waals surface area contributed by atoms with Gasteiger partial charge in [0.25, 0.3) is 0 Å². The lowest BCUT2D eigenvalue weighted by molar-refractivity contribution is -0.127. The molecule has 3 heteroatoms. The standard InChI is InChI=1S/C7H10ClNO/c1-9-4-2-3-6(5-8)7(9)10/h5H,2-4H2,1H3/b6-5-. The molecule has 1 amide bonds. The van der Waals surface area contributed by atoms with Crippen LogP contribution >= 0.6 is 11.6 Å². The van der Waals surface area contributed by atoms with Gasteiger partial charge in [0.2, 0.25) is 5.91 Å². The highest BCUT2D eigenvalue weighted by atomic mass is 35.5. The lowest BCUT2D eigenvalue weighted by Crippen LogP contribution is -2.33. The van der Waals surface area contributed by atoms with E-state index in [1.54, 1.807) is 11.9 Å². The van der Waals surface area contributed by atoms with Crippen molar-refractivity contribution in [1.29, 1.82) is 0 Å². The van der Waals surface area contributed by atoms with E-state index in [2.05, 4.69) is 0 Å². The molecule has 1 fully saturated rings. The third-order valence-corrected chi connectivity index (χ3v) is 1.96. The first-order valence-corrected chi connectivity index (χ1v) is 3.74. The van der Waals surface area contributed by atoms with Gasteiger partial charge in [-0.25, -0.2) is 0 Å². The van der Waals surface area contributed by atoms with Crippen LogP contribution < -0.4 is 0 Å². The number of carbonyl (C=O) groups is 1. The van der Waals surface area contributed by atoms with E-state index in [-0.39, 0.29) is 5.91 Å². The summed E-state index contributed by atoms with van der Waals surface area (Å²) in [7, 11) is 1.79. The fraction of sp³-hybridized carbons (Fsp3) is 0.571. The Balaban J connectivity index is 2.69. The smallest absolute Gasteiger partial charge is 0.250 e. The summed E-state index contributed by atoms with van der Waals surface area (Å²) in [6.07, 6.45) is 1.85. The highest BCUT2D eigenvalue weighted by Gasteiger charge is 2.18. The van der Waals surface area contributed by atoms with Gasteiger partial charge in [-0.15, -0.1) is 0 Å². The molecule has 0 aromatic heterocycles. The topological polar surface area (TPSA) is 20.3 Å². The predicted octanol–water partition coefficient (Wildman–Crippen LogP) is 1.36. The van der Waals surface area contributed by atoms with Crippen molar-refractivity contribution in [2.75, 3.05) is 13.6 Å². The van der Waals surface area contributed by atoms with Crippen LogP contribution in [-0.2, 0) is 4.79 Å². The molecule has 1 heterocycles. The molecule has 56 valence electrons. The molecule has 0 aromatic rings. The molecular weight excluding hydrogens is 150 g/mol. The van der Waals surface area contributed by atoms with Gasteiger partial charge in [0, 0.05) is 24.7 Å². The normalized spacial score (nSPS) is 24.0. The molecule has 10 heavy (non-hydrogen) atoms. The van der Waals surface area contributed by atoms with Crippen LogP contribution in [0.1, 0.15) is 12.8 Å². The molecule has 1 aliphatic heterocycles. The first-order chi connectivity index (χ1) is 4.75. The second-order valence-corrected chi connectivity index (χ2v) is 2.68. The molecule has 2 nitrogen and oxygen atoms in total. The number of hydrogen-bond donors (Lipinski definition) is 0. The number of rotatable bonds is 0. The van der Waals surface area contributed by atoms with Gasteiger partial charge in [0.05, 0.1) is 0 Å². The summed E-state index contributed by atoms with van der Waals surface area (Å²) < 4.78 is 0. The molecule has 0 aliphatic carbocycles. The summed E-state index contributed by atoms with van der Waals surface area (Å²) >= 11 is 5.43. The predicted molar refractivity (Wildman–Crippen MR) is 40.8 cm³/mol. The summed E-state index contributed by atoms with van der Waals surface area (Å²) in [5, 5.41) is 0. The largest absolute Gasteiger partial charge is 0.342 e. The van der Waals surface area contributed by atoms with Crippen LogP contribution in [0.3, 0.4) is 0 Å². The van der Waals surface area contributed by atoms with Crippen LogP contribution in [0.15, 0.2) is 11.1 Å². The SMILES string of the molecule is CN1CCC/C(=C/Cl)C1=O. The Kier molecular flexibility index (Phi) is 2.33. The van der Waals surface area contributed by atoms with Crippen LogP contribution in [0.4, 0.5) is 0 Å². The molecule has 1 saturated heterocycles. The Labute approximate surface area is 65.5 Å². The van der Waals surface area contributed by atoms with E-state index in [0.717, 1.165) is 25.0 Å². The van der Waals surface area contributed by atoms with Gasteiger partial charge in [0.15, 0.2) is 0 Å². The Bertz CT molecular complexity index is 176. The quantitative estimate of drug-likeness (QED) is 0.489. The molecule has 0 atom stereocenters. The Morgan fingerprint density at radius 1 is 1.70 bits per heavy atom. The number of hydrogen-bond acceptors (Lipinski definition) is 1. The summed E-state index contributed by atoms with van der Waals surface area (Å²) in [6, 6.07) is 0. The average molecular weight is 160 g/mol. The maximum atomic E-state index is 11.1. The summed E-state index contributed by atoms with van der Waals surface area (Å²) in [6.45, 7) is 0.854. The van der Waals surface area contributed by atoms with E-state index in [4.69, 9.17) is 11.6 Å². The number of likely N-dealkylation sites (N-methyl/N-ethyl adjacent to an activating group) is 1. The fourth-order valence-electron chi connectivity index (χ4n) is 1.06. The van der Waals surface area contributed by atoms with Gasteiger partial charge in [-0.2, -0.15) is 0 Å². The van der Waals surface area contributed by atoms with Crippen LogP contribution in [0.25, 0.3) is 0 Å². The van der Waals surface area contributed by atoms with Crippen LogP contribution in [-0.4, -0.2) is 24.4 Å². The number of halogens is 1. The zero-order valence-electron chi connectivity index (χ0n) is 5.93. The van der Waals surface area contributed by atoms with Gasteiger partial charge in [-0.3, -0.25) is 4.79 Å². The molecule has 1 aliphatic rings. The number of nitrogens with zero attached hydrogens (tertiary/aromatic N) is 1. The van der Waals surface area contributed by atoms with Crippen molar-refractivity contribution in [3.63, 3.8) is 0 Å². The van der Waals surface area contributed by atoms with E-state index in [0.29, 0.717) is 0 Å². The third-order valence-electron chi connectivity index (χ3n) is 1.69. The Hall–Kier alpha value is -0.500. The van der Waals surface area contributed by atoms with Gasteiger partial charge >= 0.3 is 0 Å². The van der Waals surface area contributed by atoms with E-state index in [9.17, 15) is 4.79 Å². The molecule has 0 aromatic carbocycles. The molecule has 0 spiro atoms. The molecule has 0 radical (unpaired) electrons. The minimum absolute atomic E-state index is 0.0706. The van der Waals surface area contributed by atoms with Crippen LogP contribution in [0.2, 0.25) is 0 Å². The van der Waals surface area contributed by atoms with Crippen LogP contribution in [0, 0.1) is 0 Å². The first-order valence-electron chi connectivity index (χ1n) is 3.30. The monoisotopic (exact) mass is 159 g/mol. The molecule has 0 bridgehead atoms. The Morgan fingerprint density at radius 3 is 2.90 bits per heavy atom. The summed E-state index contributed by atoms with van der Waals surface area (Å²) in [5.41, 5.74) is 2.12. The lowest BCUT2D eigenvalue weighted by Gasteiger charge is -2.23. The zero-order chi connectivity index (χ0) is 7.56. The van der Waals surface area contributed by atoms with E-state index in [1.165, 1.54) is 5.54 Å². The van der Waals surface area contributed by atoms with Crippen molar-refractivity contribution in [3.8, 4) is 0 Å². The summed E-state index contributed by atoms with van der Waals surface area (Å²) in [4.78, 5) is 12.8. The minimum Gasteiger partial charge on any atom is -0.342 e. The van der Waals surface area contributed by atoms with E-state index in [1.807, 2.05) is 0 Å². The molecule has 0 saturated carbocycles. The Morgan fingerprint density at radius 2 is 2.40 bits per heavy atom. The molecule has 1 rings (SSSR count). The second-order valence-electron chi connectivity index (χ2n) is 2.46. The summed E-state index contributed by atoms with van der Waals surface area (Å²) in [5.74, 6) is 0.0706. The number of carbonyl (C=O) groups excluding carboxylic acids is 1.